The Bertz CT molecular complexity index is 1300. The molecule has 0 saturated carbocycles. The number of amides is 2. The Kier molecular flexibility index (Phi) is 6.14. The molecular formula is C28H26FN3O2. The summed E-state index contributed by atoms with van der Waals surface area (Å²) in [7, 11) is 0. The Morgan fingerprint density at radius 2 is 1.74 bits per heavy atom. The summed E-state index contributed by atoms with van der Waals surface area (Å²) in [5.74, 6) is 0.314. The van der Waals surface area contributed by atoms with Crippen molar-refractivity contribution in [2.75, 3.05) is 23.3 Å². The second-order valence-electron chi connectivity index (χ2n) is 8.45. The summed E-state index contributed by atoms with van der Waals surface area (Å²) < 4.78 is 19.5. The fraction of sp³-hybridized carbons (Fsp3) is 0.179. The van der Waals surface area contributed by atoms with E-state index < -0.39 is 0 Å². The van der Waals surface area contributed by atoms with Crippen LogP contribution in [0.15, 0.2) is 91.0 Å². The van der Waals surface area contributed by atoms with Crippen molar-refractivity contribution in [2.45, 2.75) is 19.1 Å². The molecule has 0 saturated heterocycles. The normalized spacial score (nSPS) is 15.9. The zero-order valence-corrected chi connectivity index (χ0v) is 18.9. The predicted octanol–water partition coefficient (Wildman–Crippen LogP) is 6.13. The highest BCUT2D eigenvalue weighted by Crippen LogP contribution is 2.34. The van der Waals surface area contributed by atoms with Crippen molar-refractivity contribution in [2.24, 2.45) is 0 Å². The van der Waals surface area contributed by atoms with Gasteiger partial charge in [0.05, 0.1) is 12.2 Å². The lowest BCUT2D eigenvalue weighted by Gasteiger charge is -2.35. The Morgan fingerprint density at radius 1 is 1.00 bits per heavy atom. The largest absolute Gasteiger partial charge is 0.485 e. The van der Waals surface area contributed by atoms with Crippen LogP contribution in [0.5, 0.6) is 5.75 Å². The number of nitrogens with zero attached hydrogens (tertiary/aromatic N) is 1. The fourth-order valence-electron chi connectivity index (χ4n) is 4.37. The lowest BCUT2D eigenvalue weighted by Crippen LogP contribution is -2.49. The third kappa shape index (κ3) is 4.58. The van der Waals surface area contributed by atoms with E-state index in [0.29, 0.717) is 30.2 Å². The number of hydrogen-bond acceptors (Lipinski definition) is 3. The molecule has 2 atom stereocenters. The average Bonchev–Trinajstić information content (AvgIpc) is 2.87. The van der Waals surface area contributed by atoms with E-state index >= 15 is 0 Å². The molecule has 1 aliphatic rings. The number of benzene rings is 4. The van der Waals surface area contributed by atoms with Crippen molar-refractivity contribution in [3.63, 3.8) is 0 Å². The van der Waals surface area contributed by atoms with E-state index in [1.165, 1.54) is 28.5 Å². The van der Waals surface area contributed by atoms with Gasteiger partial charge in [-0.1, -0.05) is 54.6 Å². The number of urea groups is 1. The highest BCUT2D eigenvalue weighted by atomic mass is 19.1. The Labute approximate surface area is 198 Å². The molecule has 4 aromatic carbocycles. The van der Waals surface area contributed by atoms with Gasteiger partial charge in [0.1, 0.15) is 17.7 Å². The lowest BCUT2D eigenvalue weighted by molar-refractivity contribution is 0.185. The van der Waals surface area contributed by atoms with Crippen molar-refractivity contribution in [1.82, 2.24) is 5.32 Å². The molecule has 1 unspecified atom stereocenters. The van der Waals surface area contributed by atoms with Gasteiger partial charge in [-0.15, -0.1) is 0 Å². The summed E-state index contributed by atoms with van der Waals surface area (Å²) in [6.45, 7) is 3.09. The monoisotopic (exact) mass is 455 g/mol. The molecule has 0 spiro atoms. The molecule has 2 amide bonds. The quantitative estimate of drug-likeness (QED) is 0.381. The first-order valence-corrected chi connectivity index (χ1v) is 11.4. The minimum absolute atomic E-state index is 0.105. The number of fused-ring (bicyclic) bond motifs is 2. The van der Waals surface area contributed by atoms with Crippen LogP contribution in [0, 0.1) is 5.82 Å². The van der Waals surface area contributed by atoms with Gasteiger partial charge < -0.3 is 15.4 Å². The van der Waals surface area contributed by atoms with E-state index in [4.69, 9.17) is 4.74 Å². The third-order valence-electron chi connectivity index (χ3n) is 6.12. The number of carbonyl (C=O) groups excluding carboxylic acids is 1. The number of rotatable bonds is 5. The summed E-state index contributed by atoms with van der Waals surface area (Å²) in [6, 6.07) is 27.7. The van der Waals surface area contributed by atoms with Gasteiger partial charge in [-0.2, -0.15) is 0 Å². The van der Waals surface area contributed by atoms with Crippen LogP contribution in [0.3, 0.4) is 0 Å². The number of hydrogen-bond donors (Lipinski definition) is 2. The first-order chi connectivity index (χ1) is 16.6. The van der Waals surface area contributed by atoms with Crippen molar-refractivity contribution in [1.29, 1.82) is 0 Å². The molecule has 4 aromatic rings. The molecule has 0 radical (unpaired) electrons. The topological polar surface area (TPSA) is 53.6 Å². The van der Waals surface area contributed by atoms with Crippen LogP contribution in [-0.4, -0.2) is 25.2 Å². The number of para-hydroxylation sites is 2. The van der Waals surface area contributed by atoms with Gasteiger partial charge in [0.2, 0.25) is 0 Å². The van der Waals surface area contributed by atoms with Crippen LogP contribution >= 0.6 is 0 Å². The van der Waals surface area contributed by atoms with E-state index in [2.05, 4.69) is 54.0 Å². The molecule has 5 nitrogen and oxygen atoms in total. The third-order valence-corrected chi connectivity index (χ3v) is 6.12. The maximum Gasteiger partial charge on any atom is 0.326 e. The van der Waals surface area contributed by atoms with E-state index in [1.54, 1.807) is 17.0 Å². The van der Waals surface area contributed by atoms with Crippen LogP contribution in [0.25, 0.3) is 10.8 Å². The maximum absolute atomic E-state index is 13.2. The first-order valence-electron chi connectivity index (χ1n) is 11.4. The average molecular weight is 456 g/mol. The Hall–Kier alpha value is -3.90. The van der Waals surface area contributed by atoms with Gasteiger partial charge in [-0.05, 0) is 59.7 Å². The van der Waals surface area contributed by atoms with E-state index in [-0.39, 0.29) is 24.0 Å². The highest BCUT2D eigenvalue weighted by molar-refractivity contribution is 6.03. The molecule has 34 heavy (non-hydrogen) atoms. The molecule has 5 rings (SSSR count). The summed E-state index contributed by atoms with van der Waals surface area (Å²) in [5.41, 5.74) is 2.47. The predicted molar refractivity (Wildman–Crippen MR) is 134 cm³/mol. The molecule has 1 aliphatic heterocycles. The van der Waals surface area contributed by atoms with Crippen molar-refractivity contribution in [3.8, 4) is 5.75 Å². The molecule has 0 fully saturated rings. The molecule has 2 N–H and O–H groups in total. The molecule has 172 valence electrons. The smallest absolute Gasteiger partial charge is 0.326 e. The van der Waals surface area contributed by atoms with Crippen molar-refractivity contribution < 1.29 is 13.9 Å². The number of carbonyl (C=O) groups is 1. The molecule has 0 bridgehead atoms. The second kappa shape index (κ2) is 9.53. The molecule has 1 heterocycles. The van der Waals surface area contributed by atoms with Crippen molar-refractivity contribution >= 4 is 28.2 Å². The zero-order valence-electron chi connectivity index (χ0n) is 18.9. The van der Waals surface area contributed by atoms with Crippen LogP contribution in [-0.2, 0) is 0 Å². The highest BCUT2D eigenvalue weighted by Gasteiger charge is 2.30. The molecule has 0 aromatic heterocycles. The fourth-order valence-corrected chi connectivity index (χ4v) is 4.37. The number of ether oxygens (including phenoxy) is 1. The van der Waals surface area contributed by atoms with Gasteiger partial charge in [0, 0.05) is 18.3 Å². The standard InChI is InChI=1S/C28H26FN3O2/c1-19(24-10-6-8-20-7-2-3-9-25(20)24)30-17-23-18-32(26-11-4-5-12-27(26)34-23)28(33)31-22-15-13-21(29)14-16-22/h2-16,19,23,30H,17-18H2,1H3,(H,31,33)/t19-,23?/m1/s1. The summed E-state index contributed by atoms with van der Waals surface area (Å²) in [6.07, 6.45) is -0.230. The van der Waals surface area contributed by atoms with E-state index in [9.17, 15) is 9.18 Å². The van der Waals surface area contributed by atoms with Gasteiger partial charge >= 0.3 is 6.03 Å². The summed E-state index contributed by atoms with van der Waals surface area (Å²) in [5, 5.41) is 8.87. The van der Waals surface area contributed by atoms with E-state index in [0.717, 1.165) is 0 Å². The van der Waals surface area contributed by atoms with E-state index in [1.807, 2.05) is 30.3 Å². The minimum atomic E-state index is -0.346. The zero-order chi connectivity index (χ0) is 23.5. The number of anilines is 2. The number of halogens is 1. The summed E-state index contributed by atoms with van der Waals surface area (Å²) >= 11 is 0. The van der Waals surface area contributed by atoms with Crippen LogP contribution in [0.4, 0.5) is 20.6 Å². The Morgan fingerprint density at radius 3 is 2.59 bits per heavy atom. The lowest BCUT2D eigenvalue weighted by atomic mass is 9.99. The van der Waals surface area contributed by atoms with Crippen molar-refractivity contribution in [3.05, 3.63) is 102 Å². The van der Waals surface area contributed by atoms with Gasteiger partial charge in [-0.25, -0.2) is 9.18 Å². The molecule has 0 aliphatic carbocycles. The minimum Gasteiger partial charge on any atom is -0.485 e. The molecule has 6 heteroatoms. The van der Waals surface area contributed by atoms with Crippen LogP contribution < -0.4 is 20.3 Å². The maximum atomic E-state index is 13.2. The number of nitrogens with one attached hydrogen (secondary N) is 2. The SMILES string of the molecule is C[C@@H](NCC1CN(C(=O)Nc2ccc(F)cc2)c2ccccc2O1)c1cccc2ccccc12. The van der Waals surface area contributed by atoms with Gasteiger partial charge in [0.25, 0.3) is 0 Å². The van der Waals surface area contributed by atoms with Crippen LogP contribution in [0.1, 0.15) is 18.5 Å². The second-order valence-corrected chi connectivity index (χ2v) is 8.45. The van der Waals surface area contributed by atoms with Gasteiger partial charge in [0.15, 0.2) is 0 Å². The summed E-state index contributed by atoms with van der Waals surface area (Å²) in [4.78, 5) is 14.8. The molecular weight excluding hydrogens is 429 g/mol. The van der Waals surface area contributed by atoms with Crippen LogP contribution in [0.2, 0.25) is 0 Å². The van der Waals surface area contributed by atoms with Gasteiger partial charge in [-0.3, -0.25) is 4.90 Å². The Balaban J connectivity index is 1.31. The first kappa shape index (κ1) is 21.9.